The van der Waals surface area contributed by atoms with Gasteiger partial charge in [0.1, 0.15) is 12.0 Å². The zero-order valence-electron chi connectivity index (χ0n) is 6.77. The number of furan rings is 1. The van der Waals surface area contributed by atoms with Crippen molar-refractivity contribution in [2.75, 3.05) is 0 Å². The zero-order chi connectivity index (χ0) is 10.1. The van der Waals surface area contributed by atoms with Crippen LogP contribution < -0.4 is 0 Å². The van der Waals surface area contributed by atoms with Crippen molar-refractivity contribution in [3.63, 3.8) is 0 Å². The van der Waals surface area contributed by atoms with Crippen LogP contribution in [0.3, 0.4) is 0 Å². The maximum Gasteiger partial charge on any atom is 0.419 e. The molecule has 0 amide bonds. The molecule has 0 saturated heterocycles. The van der Waals surface area contributed by atoms with Gasteiger partial charge in [-0.3, -0.25) is 0 Å². The second kappa shape index (κ2) is 3.13. The minimum atomic E-state index is -4.44. The lowest BCUT2D eigenvalue weighted by Gasteiger charge is -2.04. The number of nitriles is 1. The molecule has 0 atom stereocenters. The topological polar surface area (TPSA) is 36.9 Å². The number of aryl methyl sites for hydroxylation is 1. The van der Waals surface area contributed by atoms with Crippen LogP contribution in [-0.4, -0.2) is 0 Å². The molecule has 0 fully saturated rings. The predicted octanol–water partition coefficient (Wildman–Crippen LogP) is 2.67. The molecule has 0 aromatic carbocycles. The molecule has 13 heavy (non-hydrogen) atoms. The third-order valence-corrected chi connectivity index (χ3v) is 1.66. The SMILES string of the molecule is Cc1occ(C(F)(F)F)c1CC#N. The minimum Gasteiger partial charge on any atom is -0.469 e. The number of halogens is 3. The summed E-state index contributed by atoms with van der Waals surface area (Å²) < 4.78 is 41.3. The maximum atomic E-state index is 12.2. The molecule has 0 bridgehead atoms. The van der Waals surface area contributed by atoms with E-state index >= 15 is 0 Å². The van der Waals surface area contributed by atoms with E-state index in [4.69, 9.17) is 5.26 Å². The van der Waals surface area contributed by atoms with E-state index in [1.165, 1.54) is 6.92 Å². The fraction of sp³-hybridized carbons (Fsp3) is 0.375. The Bertz CT molecular complexity index is 345. The Morgan fingerprint density at radius 2 is 2.15 bits per heavy atom. The van der Waals surface area contributed by atoms with Gasteiger partial charge in [0.25, 0.3) is 0 Å². The largest absolute Gasteiger partial charge is 0.469 e. The first-order valence-electron chi connectivity index (χ1n) is 3.48. The van der Waals surface area contributed by atoms with E-state index in [-0.39, 0.29) is 17.7 Å². The van der Waals surface area contributed by atoms with Crippen molar-refractivity contribution in [1.29, 1.82) is 5.26 Å². The van der Waals surface area contributed by atoms with Gasteiger partial charge < -0.3 is 4.42 Å². The van der Waals surface area contributed by atoms with Crippen molar-refractivity contribution in [2.45, 2.75) is 19.5 Å². The first-order chi connectivity index (χ1) is 5.96. The van der Waals surface area contributed by atoms with E-state index < -0.39 is 11.7 Å². The van der Waals surface area contributed by atoms with Crippen LogP contribution in [0.4, 0.5) is 13.2 Å². The van der Waals surface area contributed by atoms with Crippen molar-refractivity contribution < 1.29 is 17.6 Å². The lowest BCUT2D eigenvalue weighted by Crippen LogP contribution is -2.06. The zero-order valence-corrected chi connectivity index (χ0v) is 6.77. The summed E-state index contributed by atoms with van der Waals surface area (Å²) in [5, 5.41) is 8.29. The number of rotatable bonds is 1. The Balaban J connectivity index is 3.17. The summed E-state index contributed by atoms with van der Waals surface area (Å²) in [5.74, 6) is 0.147. The van der Waals surface area contributed by atoms with Gasteiger partial charge in [0.15, 0.2) is 0 Å². The fourth-order valence-electron chi connectivity index (χ4n) is 1.02. The molecule has 0 saturated carbocycles. The van der Waals surface area contributed by atoms with Crippen molar-refractivity contribution in [3.05, 3.63) is 23.2 Å². The standard InChI is InChI=1S/C8H6F3NO/c1-5-6(2-3-12)7(4-13-5)8(9,10)11/h4H,2H2,1H3. The molecule has 1 aromatic heterocycles. The predicted molar refractivity (Wildman–Crippen MR) is 37.8 cm³/mol. The molecular weight excluding hydrogens is 183 g/mol. The molecule has 0 N–H and O–H groups in total. The van der Waals surface area contributed by atoms with Crippen molar-refractivity contribution >= 4 is 0 Å². The van der Waals surface area contributed by atoms with Gasteiger partial charge in [0.2, 0.25) is 0 Å². The van der Waals surface area contributed by atoms with E-state index in [2.05, 4.69) is 4.42 Å². The summed E-state index contributed by atoms with van der Waals surface area (Å²) in [6, 6.07) is 1.66. The second-order valence-corrected chi connectivity index (χ2v) is 2.52. The van der Waals surface area contributed by atoms with Crippen molar-refractivity contribution in [3.8, 4) is 6.07 Å². The molecule has 5 heteroatoms. The molecular formula is C8H6F3NO. The van der Waals surface area contributed by atoms with Gasteiger partial charge in [-0.05, 0) is 6.92 Å². The van der Waals surface area contributed by atoms with Gasteiger partial charge in [-0.2, -0.15) is 18.4 Å². The highest BCUT2D eigenvalue weighted by Crippen LogP contribution is 2.34. The molecule has 0 radical (unpaired) electrons. The van der Waals surface area contributed by atoms with E-state index in [0.29, 0.717) is 6.26 Å². The maximum absolute atomic E-state index is 12.2. The average Bonchev–Trinajstić information content (AvgIpc) is 2.32. The Morgan fingerprint density at radius 1 is 1.54 bits per heavy atom. The van der Waals surface area contributed by atoms with Crippen LogP contribution in [0.5, 0.6) is 0 Å². The Kier molecular flexibility index (Phi) is 2.32. The van der Waals surface area contributed by atoms with Gasteiger partial charge in [0.05, 0.1) is 18.1 Å². The Morgan fingerprint density at radius 3 is 2.62 bits per heavy atom. The third-order valence-electron chi connectivity index (χ3n) is 1.66. The van der Waals surface area contributed by atoms with E-state index in [9.17, 15) is 13.2 Å². The molecule has 1 heterocycles. The van der Waals surface area contributed by atoms with Crippen LogP contribution in [0.25, 0.3) is 0 Å². The van der Waals surface area contributed by atoms with Crippen LogP contribution in [0.15, 0.2) is 10.7 Å². The highest BCUT2D eigenvalue weighted by atomic mass is 19.4. The molecule has 1 rings (SSSR count). The van der Waals surface area contributed by atoms with Crippen LogP contribution >= 0.6 is 0 Å². The van der Waals surface area contributed by atoms with Crippen LogP contribution in [-0.2, 0) is 12.6 Å². The summed E-state index contributed by atoms with van der Waals surface area (Å²) in [5.41, 5.74) is -0.929. The van der Waals surface area contributed by atoms with E-state index in [1.807, 2.05) is 0 Å². The molecule has 0 aliphatic carbocycles. The summed E-state index contributed by atoms with van der Waals surface area (Å²) in [6.07, 6.45) is -4.08. The van der Waals surface area contributed by atoms with Crippen LogP contribution in [0, 0.1) is 18.3 Å². The first-order valence-corrected chi connectivity index (χ1v) is 3.48. The first kappa shape index (κ1) is 9.65. The summed E-state index contributed by atoms with van der Waals surface area (Å²) in [4.78, 5) is 0. The molecule has 70 valence electrons. The summed E-state index contributed by atoms with van der Waals surface area (Å²) in [7, 11) is 0. The highest BCUT2D eigenvalue weighted by Gasteiger charge is 2.35. The Hall–Kier alpha value is -1.44. The van der Waals surface area contributed by atoms with Gasteiger partial charge in [-0.25, -0.2) is 0 Å². The van der Waals surface area contributed by atoms with Crippen LogP contribution in [0.2, 0.25) is 0 Å². The Labute approximate surface area is 72.6 Å². The van der Waals surface area contributed by atoms with Gasteiger partial charge >= 0.3 is 6.18 Å². The van der Waals surface area contributed by atoms with Gasteiger partial charge in [-0.1, -0.05) is 0 Å². The third kappa shape index (κ3) is 1.83. The summed E-state index contributed by atoms with van der Waals surface area (Å²) >= 11 is 0. The van der Waals surface area contributed by atoms with E-state index in [1.54, 1.807) is 6.07 Å². The second-order valence-electron chi connectivity index (χ2n) is 2.52. The van der Waals surface area contributed by atoms with Crippen molar-refractivity contribution in [1.82, 2.24) is 0 Å². The molecule has 0 aliphatic heterocycles. The molecule has 0 aliphatic rings. The van der Waals surface area contributed by atoms with Crippen molar-refractivity contribution in [2.24, 2.45) is 0 Å². The number of hydrogen-bond donors (Lipinski definition) is 0. The lowest BCUT2D eigenvalue weighted by molar-refractivity contribution is -0.138. The fourth-order valence-corrected chi connectivity index (χ4v) is 1.02. The quantitative estimate of drug-likeness (QED) is 0.680. The van der Waals surface area contributed by atoms with Crippen LogP contribution in [0.1, 0.15) is 16.9 Å². The minimum absolute atomic E-state index is 0.0741. The average molecular weight is 189 g/mol. The normalized spacial score (nSPS) is 11.3. The highest BCUT2D eigenvalue weighted by molar-refractivity contribution is 5.32. The van der Waals surface area contributed by atoms with Gasteiger partial charge in [0, 0.05) is 5.56 Å². The van der Waals surface area contributed by atoms with Gasteiger partial charge in [-0.15, -0.1) is 0 Å². The smallest absolute Gasteiger partial charge is 0.419 e. The number of nitrogens with zero attached hydrogens (tertiary/aromatic N) is 1. The molecule has 1 aromatic rings. The van der Waals surface area contributed by atoms with E-state index in [0.717, 1.165) is 0 Å². The number of hydrogen-bond acceptors (Lipinski definition) is 2. The summed E-state index contributed by atoms with van der Waals surface area (Å²) in [6.45, 7) is 1.40. The lowest BCUT2D eigenvalue weighted by atomic mass is 10.1. The number of alkyl halides is 3. The molecule has 0 unspecified atom stereocenters. The molecule has 0 spiro atoms. The molecule has 2 nitrogen and oxygen atoms in total. The monoisotopic (exact) mass is 189 g/mol.